The standard InChI is InChI=1S/C10H12O/c1-8(2)11-10-6-4-5-9(3)7-10/h6-8H,1-3H3. The van der Waals surface area contributed by atoms with Gasteiger partial charge in [-0.2, -0.15) is 0 Å². The van der Waals surface area contributed by atoms with Crippen LogP contribution in [-0.2, 0) is 0 Å². The summed E-state index contributed by atoms with van der Waals surface area (Å²) in [5, 5.41) is 0. The number of ether oxygens (including phenoxy) is 1. The molecule has 0 atom stereocenters. The lowest BCUT2D eigenvalue weighted by atomic mass is 10.3. The van der Waals surface area contributed by atoms with Gasteiger partial charge < -0.3 is 4.74 Å². The maximum Gasteiger partial charge on any atom is 0.128 e. The number of hydrogen-bond acceptors (Lipinski definition) is 1. The van der Waals surface area contributed by atoms with Gasteiger partial charge in [-0.15, -0.1) is 0 Å². The van der Waals surface area contributed by atoms with Crippen molar-refractivity contribution in [1.29, 1.82) is 0 Å². The zero-order valence-corrected chi connectivity index (χ0v) is 7.14. The summed E-state index contributed by atoms with van der Waals surface area (Å²) in [6.45, 7) is 5.99. The Kier molecular flexibility index (Phi) is 2.38. The minimum absolute atomic E-state index is 0.227. The minimum Gasteiger partial charge on any atom is -0.490 e. The minimum atomic E-state index is 0.227. The number of aryl methyl sites for hydroxylation is 1. The van der Waals surface area contributed by atoms with Crippen molar-refractivity contribution in [3.8, 4) is 5.75 Å². The van der Waals surface area contributed by atoms with Crippen LogP contribution in [0, 0.1) is 19.1 Å². The van der Waals surface area contributed by atoms with Crippen LogP contribution in [-0.4, -0.2) is 6.10 Å². The molecule has 0 fully saturated rings. The van der Waals surface area contributed by atoms with Gasteiger partial charge in [0, 0.05) is 11.6 Å². The summed E-state index contributed by atoms with van der Waals surface area (Å²) < 4.78 is 5.44. The molecule has 0 aromatic heterocycles. The van der Waals surface area contributed by atoms with E-state index < -0.39 is 0 Å². The Morgan fingerprint density at radius 3 is 2.73 bits per heavy atom. The smallest absolute Gasteiger partial charge is 0.128 e. The number of rotatable bonds is 2. The van der Waals surface area contributed by atoms with E-state index in [2.05, 4.69) is 12.1 Å². The third kappa shape index (κ3) is 2.51. The summed E-state index contributed by atoms with van der Waals surface area (Å²) in [6, 6.07) is 9.58. The summed E-state index contributed by atoms with van der Waals surface area (Å²) in [4.78, 5) is 0. The first kappa shape index (κ1) is 7.94. The molecule has 58 valence electrons. The lowest BCUT2D eigenvalue weighted by molar-refractivity contribution is 0.242. The Morgan fingerprint density at radius 1 is 1.45 bits per heavy atom. The average molecular weight is 148 g/mol. The Balaban J connectivity index is 2.71. The second-order valence-corrected chi connectivity index (χ2v) is 2.81. The summed E-state index contributed by atoms with van der Waals surface area (Å²) in [5.74, 6) is 0.872. The first-order valence-electron chi connectivity index (χ1n) is 3.75. The SMILES string of the molecule is Cc1c#ccc(OC(C)C)c1. The van der Waals surface area contributed by atoms with Gasteiger partial charge in [-0.05, 0) is 26.8 Å². The predicted molar refractivity (Wildman–Crippen MR) is 44.6 cm³/mol. The summed E-state index contributed by atoms with van der Waals surface area (Å²) >= 11 is 0. The molecule has 0 radical (unpaired) electrons. The second-order valence-electron chi connectivity index (χ2n) is 2.81. The highest BCUT2D eigenvalue weighted by molar-refractivity contribution is 5.23. The molecule has 0 saturated heterocycles. The monoisotopic (exact) mass is 148 g/mol. The van der Waals surface area contributed by atoms with Crippen LogP contribution in [0.1, 0.15) is 19.4 Å². The Bertz CT molecular complexity index is 228. The molecule has 0 unspecified atom stereocenters. The van der Waals surface area contributed by atoms with Gasteiger partial charge in [0.15, 0.2) is 0 Å². The molecule has 0 bridgehead atoms. The van der Waals surface area contributed by atoms with Crippen LogP contribution in [0.25, 0.3) is 0 Å². The fourth-order valence-electron chi connectivity index (χ4n) is 0.852. The molecular formula is C10H12O. The van der Waals surface area contributed by atoms with E-state index >= 15 is 0 Å². The first-order chi connectivity index (χ1) is 5.18. The van der Waals surface area contributed by atoms with Crippen molar-refractivity contribution < 1.29 is 4.74 Å². The van der Waals surface area contributed by atoms with Crippen molar-refractivity contribution in [2.75, 3.05) is 0 Å². The summed E-state index contributed by atoms with van der Waals surface area (Å²) in [7, 11) is 0. The van der Waals surface area contributed by atoms with Crippen LogP contribution in [0.15, 0.2) is 12.1 Å². The van der Waals surface area contributed by atoms with Crippen LogP contribution < -0.4 is 4.74 Å². The van der Waals surface area contributed by atoms with Crippen LogP contribution in [0.2, 0.25) is 0 Å². The number of hydrogen-bond donors (Lipinski definition) is 0. The molecule has 1 aromatic carbocycles. The van der Waals surface area contributed by atoms with E-state index in [1.165, 1.54) is 0 Å². The van der Waals surface area contributed by atoms with E-state index in [9.17, 15) is 0 Å². The van der Waals surface area contributed by atoms with E-state index in [0.717, 1.165) is 11.3 Å². The molecule has 0 aliphatic carbocycles. The maximum absolute atomic E-state index is 5.44. The van der Waals surface area contributed by atoms with Gasteiger partial charge in [0.25, 0.3) is 0 Å². The predicted octanol–water partition coefficient (Wildman–Crippen LogP) is 2.38. The summed E-state index contributed by atoms with van der Waals surface area (Å²) in [5.41, 5.74) is 1.06. The molecule has 0 saturated carbocycles. The molecule has 0 aliphatic heterocycles. The lowest BCUT2D eigenvalue weighted by Gasteiger charge is -2.07. The van der Waals surface area contributed by atoms with Crippen molar-refractivity contribution in [2.24, 2.45) is 0 Å². The topological polar surface area (TPSA) is 9.23 Å². The fraction of sp³-hybridized carbons (Fsp3) is 0.400. The van der Waals surface area contributed by atoms with Crippen LogP contribution in [0.3, 0.4) is 0 Å². The highest BCUT2D eigenvalue weighted by Gasteiger charge is 1.95. The molecule has 0 amide bonds. The molecule has 1 aromatic rings. The van der Waals surface area contributed by atoms with Gasteiger partial charge >= 0.3 is 0 Å². The molecule has 0 heterocycles. The van der Waals surface area contributed by atoms with E-state index in [0.29, 0.717) is 0 Å². The van der Waals surface area contributed by atoms with Crippen molar-refractivity contribution >= 4 is 0 Å². The van der Waals surface area contributed by atoms with Crippen molar-refractivity contribution in [2.45, 2.75) is 26.9 Å². The van der Waals surface area contributed by atoms with E-state index in [-0.39, 0.29) is 6.10 Å². The zero-order valence-electron chi connectivity index (χ0n) is 7.14. The van der Waals surface area contributed by atoms with Crippen LogP contribution >= 0.6 is 0 Å². The third-order valence-electron chi connectivity index (χ3n) is 1.21. The van der Waals surface area contributed by atoms with Crippen molar-refractivity contribution in [3.05, 3.63) is 29.8 Å². The van der Waals surface area contributed by atoms with Gasteiger partial charge in [-0.25, -0.2) is 0 Å². The van der Waals surface area contributed by atoms with Crippen LogP contribution in [0.5, 0.6) is 5.75 Å². The quantitative estimate of drug-likeness (QED) is 0.625. The van der Waals surface area contributed by atoms with E-state index in [1.807, 2.05) is 26.8 Å². The lowest BCUT2D eigenvalue weighted by Crippen LogP contribution is -2.05. The molecule has 0 spiro atoms. The molecular weight excluding hydrogens is 136 g/mol. The Hall–Kier alpha value is -1.16. The normalized spacial score (nSPS) is 9.45. The molecule has 1 heteroatoms. The zero-order chi connectivity index (χ0) is 8.27. The molecule has 0 aliphatic rings. The Morgan fingerprint density at radius 2 is 2.18 bits per heavy atom. The van der Waals surface area contributed by atoms with Crippen molar-refractivity contribution in [3.63, 3.8) is 0 Å². The van der Waals surface area contributed by atoms with Gasteiger partial charge in [0.05, 0.1) is 6.10 Å². The average Bonchev–Trinajstić information content (AvgIpc) is 1.85. The Labute approximate surface area is 68.0 Å². The largest absolute Gasteiger partial charge is 0.490 e. The highest BCUT2D eigenvalue weighted by Crippen LogP contribution is 2.10. The van der Waals surface area contributed by atoms with Crippen molar-refractivity contribution in [1.82, 2.24) is 0 Å². The molecule has 0 N–H and O–H groups in total. The second kappa shape index (κ2) is 3.30. The first-order valence-corrected chi connectivity index (χ1v) is 3.75. The molecule has 1 nitrogen and oxygen atoms in total. The van der Waals surface area contributed by atoms with Gasteiger partial charge in [0.2, 0.25) is 0 Å². The van der Waals surface area contributed by atoms with Crippen LogP contribution in [0.4, 0.5) is 0 Å². The van der Waals surface area contributed by atoms with Gasteiger partial charge in [0.1, 0.15) is 5.75 Å². The van der Waals surface area contributed by atoms with Gasteiger partial charge in [-0.3, -0.25) is 0 Å². The van der Waals surface area contributed by atoms with E-state index in [1.54, 1.807) is 6.07 Å². The summed E-state index contributed by atoms with van der Waals surface area (Å²) in [6.07, 6.45) is 0.227. The maximum atomic E-state index is 5.44. The molecule has 11 heavy (non-hydrogen) atoms. The van der Waals surface area contributed by atoms with Gasteiger partial charge in [-0.1, -0.05) is 12.1 Å². The fourth-order valence-corrected chi connectivity index (χ4v) is 0.852. The highest BCUT2D eigenvalue weighted by atomic mass is 16.5. The molecule has 1 rings (SSSR count). The third-order valence-corrected chi connectivity index (χ3v) is 1.21. The van der Waals surface area contributed by atoms with E-state index in [4.69, 9.17) is 4.74 Å².